The van der Waals surface area contributed by atoms with Crippen LogP contribution >= 0.6 is 0 Å². The van der Waals surface area contributed by atoms with Gasteiger partial charge in [-0.2, -0.15) is 0 Å². The van der Waals surface area contributed by atoms with Crippen LogP contribution < -0.4 is 16.0 Å². The summed E-state index contributed by atoms with van der Waals surface area (Å²) in [5.74, 6) is -1.69. The number of alkyl halides is 2. The number of carbonyl (C=O) groups is 3. The molecule has 0 unspecified atom stereocenters. The number of nitrogens with one attached hydrogen (secondary N) is 1. The number of benzene rings is 1. The van der Waals surface area contributed by atoms with Crippen LogP contribution in [0.2, 0.25) is 0 Å². The number of hydrogen-bond donors (Lipinski definition) is 2. The lowest BCUT2D eigenvalue weighted by Gasteiger charge is -2.41. The summed E-state index contributed by atoms with van der Waals surface area (Å²) in [5, 5.41) is 2.48. The minimum absolute atomic E-state index is 0.0601. The van der Waals surface area contributed by atoms with Gasteiger partial charge in [-0.1, -0.05) is 20.3 Å². The number of amides is 3. The molecule has 1 aliphatic carbocycles. The van der Waals surface area contributed by atoms with Crippen molar-refractivity contribution in [2.24, 2.45) is 11.7 Å². The maximum atomic E-state index is 13.8. The molecule has 1 heterocycles. The molecule has 1 saturated heterocycles. The Hall–Kier alpha value is -2.59. The predicted octanol–water partition coefficient (Wildman–Crippen LogP) is 2.29. The summed E-state index contributed by atoms with van der Waals surface area (Å²) in [6.45, 7) is 4.88. The molecule has 3 amide bonds. The fraction of sp³-hybridized carbons (Fsp3) is 0.591. The number of halogens is 2. The van der Waals surface area contributed by atoms with Crippen molar-refractivity contribution in [3.63, 3.8) is 0 Å². The monoisotopic (exact) mass is 452 g/mol. The fourth-order valence-electron chi connectivity index (χ4n) is 4.05. The van der Waals surface area contributed by atoms with E-state index in [0.717, 1.165) is 19.3 Å². The normalized spacial score (nSPS) is 18.2. The van der Waals surface area contributed by atoms with Crippen molar-refractivity contribution in [1.82, 2.24) is 4.90 Å². The van der Waals surface area contributed by atoms with Crippen LogP contribution in [0.15, 0.2) is 18.2 Å². The number of hydrogen-bond acceptors (Lipinski definition) is 5. The standard InChI is InChI=1S/C22H30F2N4O4/c1-13(2)11-28(14-4-3-5-14)19(21(25)30)22(31)26-17-7-6-15(10-16(17)20(23)24)27-8-9-32-12-18(27)29/h6-7,10,13-14,19-20H,3-5,8-9,11-12H2,1-2H3,(H2,25,30)(H,26,31)/t19-/m0/s1. The zero-order valence-electron chi connectivity index (χ0n) is 18.4. The van der Waals surface area contributed by atoms with Crippen molar-refractivity contribution in [1.29, 1.82) is 0 Å². The highest BCUT2D eigenvalue weighted by molar-refractivity contribution is 6.10. The van der Waals surface area contributed by atoms with Crippen LogP contribution in [-0.4, -0.2) is 61.0 Å². The van der Waals surface area contributed by atoms with E-state index in [2.05, 4.69) is 5.32 Å². The first-order valence-corrected chi connectivity index (χ1v) is 10.8. The summed E-state index contributed by atoms with van der Waals surface area (Å²) in [6.07, 6.45) is -0.182. The van der Waals surface area contributed by atoms with Gasteiger partial charge in [0.25, 0.3) is 18.2 Å². The van der Waals surface area contributed by atoms with Crippen LogP contribution in [-0.2, 0) is 19.1 Å². The van der Waals surface area contributed by atoms with Crippen LogP contribution in [0.5, 0.6) is 0 Å². The van der Waals surface area contributed by atoms with Gasteiger partial charge in [-0.3, -0.25) is 19.3 Å². The average molecular weight is 453 g/mol. The van der Waals surface area contributed by atoms with Crippen LogP contribution in [0.25, 0.3) is 0 Å². The van der Waals surface area contributed by atoms with Gasteiger partial charge in [0, 0.05) is 36.1 Å². The van der Waals surface area contributed by atoms with E-state index >= 15 is 0 Å². The van der Waals surface area contributed by atoms with E-state index in [1.54, 1.807) is 4.90 Å². The lowest BCUT2D eigenvalue weighted by atomic mass is 9.89. The molecule has 2 fully saturated rings. The fourth-order valence-corrected chi connectivity index (χ4v) is 4.05. The van der Waals surface area contributed by atoms with Gasteiger partial charge >= 0.3 is 0 Å². The Balaban J connectivity index is 1.85. The highest BCUT2D eigenvalue weighted by atomic mass is 19.3. The first kappa shape index (κ1) is 24.1. The summed E-state index contributed by atoms with van der Waals surface area (Å²) < 4.78 is 32.7. The molecule has 10 heteroatoms. The number of nitrogens with zero attached hydrogens (tertiary/aromatic N) is 2. The van der Waals surface area contributed by atoms with E-state index in [9.17, 15) is 23.2 Å². The third kappa shape index (κ3) is 5.42. The lowest BCUT2D eigenvalue weighted by molar-refractivity contribution is -0.135. The third-order valence-corrected chi connectivity index (χ3v) is 5.79. The molecule has 1 aromatic rings. The van der Waals surface area contributed by atoms with Crippen molar-refractivity contribution in [3.8, 4) is 0 Å². The second-order valence-electron chi connectivity index (χ2n) is 8.64. The molecule has 32 heavy (non-hydrogen) atoms. The largest absolute Gasteiger partial charge is 0.370 e. The summed E-state index contributed by atoms with van der Waals surface area (Å²) in [4.78, 5) is 40.5. The summed E-state index contributed by atoms with van der Waals surface area (Å²) in [5.41, 5.74) is 5.33. The molecule has 0 bridgehead atoms. The van der Waals surface area contributed by atoms with Crippen LogP contribution in [0, 0.1) is 5.92 Å². The van der Waals surface area contributed by atoms with E-state index in [-0.39, 0.29) is 36.7 Å². The molecule has 3 N–H and O–H groups in total. The van der Waals surface area contributed by atoms with Gasteiger partial charge in [0.15, 0.2) is 6.04 Å². The Labute approximate surface area is 186 Å². The highest BCUT2D eigenvalue weighted by Crippen LogP contribution is 2.33. The number of nitrogens with two attached hydrogens (primary N) is 1. The molecule has 1 atom stereocenters. The van der Waals surface area contributed by atoms with Gasteiger partial charge < -0.3 is 20.7 Å². The molecule has 1 aliphatic heterocycles. The molecule has 1 aromatic carbocycles. The first-order valence-electron chi connectivity index (χ1n) is 10.8. The Morgan fingerprint density at radius 1 is 1.31 bits per heavy atom. The van der Waals surface area contributed by atoms with Gasteiger partial charge in [0.2, 0.25) is 5.91 Å². The van der Waals surface area contributed by atoms with Gasteiger partial charge in [-0.25, -0.2) is 8.78 Å². The number of ether oxygens (including phenoxy) is 1. The molecule has 2 aliphatic rings. The van der Waals surface area contributed by atoms with Crippen molar-refractivity contribution in [3.05, 3.63) is 23.8 Å². The zero-order valence-corrected chi connectivity index (χ0v) is 18.4. The minimum Gasteiger partial charge on any atom is -0.370 e. The minimum atomic E-state index is -2.90. The lowest BCUT2D eigenvalue weighted by Crippen LogP contribution is -2.58. The van der Waals surface area contributed by atoms with Crippen LogP contribution in [0.4, 0.5) is 20.2 Å². The predicted molar refractivity (Wildman–Crippen MR) is 115 cm³/mol. The van der Waals surface area contributed by atoms with Crippen LogP contribution in [0.1, 0.15) is 45.1 Å². The molecular formula is C22H30F2N4O4. The van der Waals surface area contributed by atoms with E-state index in [4.69, 9.17) is 10.5 Å². The molecule has 1 saturated carbocycles. The van der Waals surface area contributed by atoms with Crippen LogP contribution in [0.3, 0.4) is 0 Å². The van der Waals surface area contributed by atoms with Crippen molar-refractivity contribution >= 4 is 29.1 Å². The van der Waals surface area contributed by atoms with Crippen molar-refractivity contribution in [2.45, 2.75) is 51.6 Å². The van der Waals surface area contributed by atoms with E-state index in [1.807, 2.05) is 13.8 Å². The molecule has 176 valence electrons. The third-order valence-electron chi connectivity index (χ3n) is 5.79. The van der Waals surface area contributed by atoms with Gasteiger partial charge in [-0.15, -0.1) is 0 Å². The van der Waals surface area contributed by atoms with Gasteiger partial charge in [-0.05, 0) is 37.0 Å². The first-order chi connectivity index (χ1) is 15.2. The average Bonchev–Trinajstić information content (AvgIpc) is 2.66. The number of morpholine rings is 1. The van der Waals surface area contributed by atoms with E-state index in [0.29, 0.717) is 18.8 Å². The maximum absolute atomic E-state index is 13.8. The molecule has 0 aromatic heterocycles. The second kappa shape index (κ2) is 10.4. The Morgan fingerprint density at radius 3 is 2.56 bits per heavy atom. The molecule has 0 radical (unpaired) electrons. The molecule has 0 spiro atoms. The van der Waals surface area contributed by atoms with Gasteiger partial charge in [0.05, 0.1) is 6.61 Å². The summed E-state index contributed by atoms with van der Waals surface area (Å²) in [7, 11) is 0. The summed E-state index contributed by atoms with van der Waals surface area (Å²) in [6, 6.07) is 2.80. The zero-order chi connectivity index (χ0) is 23.4. The van der Waals surface area contributed by atoms with E-state index in [1.165, 1.54) is 23.1 Å². The number of carbonyl (C=O) groups excluding carboxylic acids is 3. The van der Waals surface area contributed by atoms with Crippen molar-refractivity contribution in [2.75, 3.05) is 36.5 Å². The molecular weight excluding hydrogens is 422 g/mol. The highest BCUT2D eigenvalue weighted by Gasteiger charge is 2.38. The van der Waals surface area contributed by atoms with Gasteiger partial charge in [0.1, 0.15) is 6.61 Å². The number of anilines is 2. The van der Waals surface area contributed by atoms with Crippen molar-refractivity contribution < 1.29 is 27.9 Å². The topological polar surface area (TPSA) is 105 Å². The number of rotatable bonds is 9. The smallest absolute Gasteiger partial charge is 0.265 e. The molecule has 3 rings (SSSR count). The SMILES string of the molecule is CC(C)CN(C1CCC1)[C@@H](C(N)=O)C(=O)Nc1ccc(N2CCOCC2=O)cc1C(F)F. The summed E-state index contributed by atoms with van der Waals surface area (Å²) >= 11 is 0. The van der Waals surface area contributed by atoms with E-state index < -0.39 is 29.8 Å². The number of primary amides is 1. The maximum Gasteiger partial charge on any atom is 0.265 e. The second-order valence-corrected chi connectivity index (χ2v) is 8.64. The Morgan fingerprint density at radius 2 is 2.03 bits per heavy atom. The Kier molecular flexibility index (Phi) is 7.78. The Bertz CT molecular complexity index is 860. The quantitative estimate of drug-likeness (QED) is 0.560. The molecule has 8 nitrogen and oxygen atoms in total.